The van der Waals surface area contributed by atoms with Gasteiger partial charge in [0.1, 0.15) is 0 Å². The number of aliphatic hydroxyl groups is 1. The molecule has 0 aliphatic carbocycles. The molecule has 1 rings (SSSR count). The van der Waals surface area contributed by atoms with Gasteiger partial charge in [0.25, 0.3) is 0 Å². The predicted molar refractivity (Wildman–Crippen MR) is 56.1 cm³/mol. The average Bonchev–Trinajstić information content (AvgIpc) is 2.20. The number of hydrogen-bond donors (Lipinski definition) is 2. The van der Waals surface area contributed by atoms with Gasteiger partial charge >= 0.3 is 5.97 Å². The fraction of sp³-hybridized carbons (Fsp3) is 0.200. The van der Waals surface area contributed by atoms with Crippen molar-refractivity contribution in [2.45, 2.75) is 13.0 Å². The van der Waals surface area contributed by atoms with E-state index in [1.807, 2.05) is 6.07 Å². The fourth-order valence-corrected chi connectivity index (χ4v) is 1.84. The summed E-state index contributed by atoms with van der Waals surface area (Å²) in [6.45, 7) is -0.295. The van der Waals surface area contributed by atoms with Gasteiger partial charge in [-0.15, -0.1) is 0 Å². The number of benzene rings is 1. The summed E-state index contributed by atoms with van der Waals surface area (Å²) >= 11 is 3.19. The third-order valence-electron chi connectivity index (χ3n) is 1.94. The molecule has 0 aliphatic heterocycles. The van der Waals surface area contributed by atoms with Gasteiger partial charge in [-0.3, -0.25) is 4.79 Å². The highest BCUT2D eigenvalue weighted by Crippen LogP contribution is 2.25. The van der Waals surface area contributed by atoms with Crippen LogP contribution in [0.25, 0.3) is 0 Å². The first-order valence-electron chi connectivity index (χ1n) is 4.13. The topological polar surface area (TPSA) is 81.3 Å². The third kappa shape index (κ3) is 2.55. The molecule has 0 saturated carbocycles. The minimum absolute atomic E-state index is 0.140. The van der Waals surface area contributed by atoms with Gasteiger partial charge in [-0.05, 0) is 11.6 Å². The quantitative estimate of drug-likeness (QED) is 0.870. The van der Waals surface area contributed by atoms with Crippen LogP contribution in [0, 0.1) is 11.3 Å². The highest BCUT2D eigenvalue weighted by molar-refractivity contribution is 9.10. The molecule has 1 aromatic carbocycles. The zero-order valence-corrected chi connectivity index (χ0v) is 9.28. The van der Waals surface area contributed by atoms with E-state index >= 15 is 0 Å². The van der Waals surface area contributed by atoms with Crippen LogP contribution in [0.2, 0.25) is 0 Å². The number of carboxylic acids is 1. The van der Waals surface area contributed by atoms with E-state index in [0.29, 0.717) is 21.2 Å². The molecule has 0 aromatic heterocycles. The molecule has 0 heterocycles. The lowest BCUT2D eigenvalue weighted by molar-refractivity contribution is -0.136. The monoisotopic (exact) mass is 269 g/mol. The van der Waals surface area contributed by atoms with Crippen LogP contribution in [0.3, 0.4) is 0 Å². The molecular formula is C10H8BrNO3. The third-order valence-corrected chi connectivity index (χ3v) is 2.93. The minimum Gasteiger partial charge on any atom is -0.481 e. The lowest BCUT2D eigenvalue weighted by atomic mass is 10.0. The molecule has 15 heavy (non-hydrogen) atoms. The smallest absolute Gasteiger partial charge is 0.307 e. The Kier molecular flexibility index (Phi) is 3.83. The van der Waals surface area contributed by atoms with Gasteiger partial charge in [0, 0.05) is 10.0 Å². The lowest BCUT2D eigenvalue weighted by Crippen LogP contribution is -2.03. The molecule has 0 atom stereocenters. The van der Waals surface area contributed by atoms with E-state index in [1.165, 1.54) is 6.07 Å². The van der Waals surface area contributed by atoms with Gasteiger partial charge in [0.2, 0.25) is 0 Å². The number of carbonyl (C=O) groups is 1. The average molecular weight is 270 g/mol. The van der Waals surface area contributed by atoms with E-state index in [9.17, 15) is 4.79 Å². The summed E-state index contributed by atoms with van der Waals surface area (Å²) in [5.74, 6) is -0.954. The van der Waals surface area contributed by atoms with Crippen LogP contribution in [-0.4, -0.2) is 16.2 Å². The van der Waals surface area contributed by atoms with Crippen molar-refractivity contribution >= 4 is 21.9 Å². The van der Waals surface area contributed by atoms with Crippen molar-refractivity contribution < 1.29 is 15.0 Å². The fourth-order valence-electron chi connectivity index (χ4n) is 1.23. The zero-order chi connectivity index (χ0) is 11.4. The summed E-state index contributed by atoms with van der Waals surface area (Å²) in [7, 11) is 0. The zero-order valence-electron chi connectivity index (χ0n) is 7.70. The van der Waals surface area contributed by atoms with Crippen molar-refractivity contribution in [3.05, 3.63) is 33.3 Å². The molecule has 0 saturated heterocycles. The second-order valence-electron chi connectivity index (χ2n) is 2.91. The first-order valence-corrected chi connectivity index (χ1v) is 4.92. The van der Waals surface area contributed by atoms with Crippen LogP contribution in [0.4, 0.5) is 0 Å². The molecule has 0 aliphatic rings. The van der Waals surface area contributed by atoms with Crippen LogP contribution in [0.1, 0.15) is 16.7 Å². The standard InChI is InChI=1S/C10H8BrNO3/c11-10-6(3-9(14)15)1-2-7(4-12)8(10)5-13/h1-2,13H,3,5H2,(H,14,15). The van der Waals surface area contributed by atoms with Crippen LogP contribution in [0.5, 0.6) is 0 Å². The number of carboxylic acid groups (broad SMARTS) is 1. The number of hydrogen-bond acceptors (Lipinski definition) is 3. The van der Waals surface area contributed by atoms with Gasteiger partial charge in [-0.1, -0.05) is 22.0 Å². The Morgan fingerprint density at radius 2 is 2.20 bits per heavy atom. The SMILES string of the molecule is N#Cc1ccc(CC(=O)O)c(Br)c1CO. The summed E-state index contributed by atoms with van der Waals surface area (Å²) in [5.41, 5.74) is 1.32. The molecule has 1 aromatic rings. The molecule has 2 N–H and O–H groups in total. The van der Waals surface area contributed by atoms with Gasteiger partial charge in [-0.25, -0.2) is 0 Å². The maximum Gasteiger partial charge on any atom is 0.307 e. The van der Waals surface area contributed by atoms with Gasteiger partial charge < -0.3 is 10.2 Å². The summed E-state index contributed by atoms with van der Waals surface area (Å²) in [5, 5.41) is 26.4. The Morgan fingerprint density at radius 1 is 1.53 bits per heavy atom. The summed E-state index contributed by atoms with van der Waals surface area (Å²) in [6.07, 6.45) is -0.140. The first kappa shape index (κ1) is 11.7. The van der Waals surface area contributed by atoms with E-state index < -0.39 is 5.97 Å². The van der Waals surface area contributed by atoms with Crippen molar-refractivity contribution in [2.75, 3.05) is 0 Å². The minimum atomic E-state index is -0.954. The van der Waals surface area contributed by atoms with Crippen LogP contribution < -0.4 is 0 Å². The molecule has 5 heteroatoms. The predicted octanol–water partition coefficient (Wildman–Crippen LogP) is 1.44. The van der Waals surface area contributed by atoms with Crippen LogP contribution >= 0.6 is 15.9 Å². The molecule has 0 spiro atoms. The maximum atomic E-state index is 10.5. The molecule has 4 nitrogen and oxygen atoms in total. The van der Waals surface area contributed by atoms with E-state index in [1.54, 1.807) is 6.07 Å². The number of rotatable bonds is 3. The van der Waals surface area contributed by atoms with Crippen LogP contribution in [-0.2, 0) is 17.8 Å². The van der Waals surface area contributed by atoms with E-state index in [-0.39, 0.29) is 13.0 Å². The number of nitriles is 1. The van der Waals surface area contributed by atoms with Gasteiger partial charge in [-0.2, -0.15) is 5.26 Å². The molecule has 78 valence electrons. The van der Waals surface area contributed by atoms with E-state index in [0.717, 1.165) is 0 Å². The van der Waals surface area contributed by atoms with Crippen molar-refractivity contribution in [3.8, 4) is 6.07 Å². The summed E-state index contributed by atoms with van der Waals surface area (Å²) in [4.78, 5) is 10.5. The summed E-state index contributed by atoms with van der Waals surface area (Å²) < 4.78 is 0.492. The number of halogens is 1. The van der Waals surface area contributed by atoms with Crippen molar-refractivity contribution in [1.29, 1.82) is 5.26 Å². The van der Waals surface area contributed by atoms with Crippen molar-refractivity contribution in [1.82, 2.24) is 0 Å². The lowest BCUT2D eigenvalue weighted by Gasteiger charge is -2.07. The van der Waals surface area contributed by atoms with E-state index in [4.69, 9.17) is 15.5 Å². The molecule has 0 bridgehead atoms. The first-order chi connectivity index (χ1) is 7.10. The normalized spacial score (nSPS) is 9.67. The maximum absolute atomic E-state index is 10.5. The van der Waals surface area contributed by atoms with Crippen LogP contribution in [0.15, 0.2) is 16.6 Å². The Morgan fingerprint density at radius 3 is 2.67 bits per heavy atom. The van der Waals surface area contributed by atoms with Gasteiger partial charge in [0.05, 0.1) is 24.7 Å². The Labute approximate surface area is 94.9 Å². The number of aliphatic hydroxyl groups excluding tert-OH is 1. The largest absolute Gasteiger partial charge is 0.481 e. The molecule has 0 amide bonds. The molecule has 0 unspecified atom stereocenters. The molecular weight excluding hydrogens is 262 g/mol. The highest BCUT2D eigenvalue weighted by Gasteiger charge is 2.12. The van der Waals surface area contributed by atoms with Gasteiger partial charge in [0.15, 0.2) is 0 Å². The Bertz CT molecular complexity index is 437. The van der Waals surface area contributed by atoms with Crippen molar-refractivity contribution in [3.63, 3.8) is 0 Å². The second kappa shape index (κ2) is 4.91. The number of aliphatic carboxylic acids is 1. The van der Waals surface area contributed by atoms with Crippen molar-refractivity contribution in [2.24, 2.45) is 0 Å². The highest BCUT2D eigenvalue weighted by atomic mass is 79.9. The molecule has 0 fully saturated rings. The number of nitrogens with zero attached hydrogens (tertiary/aromatic N) is 1. The second-order valence-corrected chi connectivity index (χ2v) is 3.70. The molecule has 0 radical (unpaired) electrons. The summed E-state index contributed by atoms with van der Waals surface area (Å²) in [6, 6.07) is 5.00. The Balaban J connectivity index is 3.24. The van der Waals surface area contributed by atoms with E-state index in [2.05, 4.69) is 15.9 Å². The Hall–Kier alpha value is -1.38.